The van der Waals surface area contributed by atoms with Gasteiger partial charge in [0, 0.05) is 26.2 Å². The zero-order valence-corrected chi connectivity index (χ0v) is 15.4. The average molecular weight is 356 g/mol. The number of carbonyl (C=O) groups excluding carboxylic acids is 2. The van der Waals surface area contributed by atoms with Gasteiger partial charge in [0.05, 0.1) is 13.1 Å². The summed E-state index contributed by atoms with van der Waals surface area (Å²) in [5, 5.41) is 4.17. The molecule has 0 fully saturated rings. The lowest BCUT2D eigenvalue weighted by Gasteiger charge is -2.23. The third kappa shape index (κ3) is 4.78. The highest BCUT2D eigenvalue weighted by molar-refractivity contribution is 5.94. The molecule has 0 aliphatic rings. The Hall–Kier alpha value is -2.96. The first kappa shape index (κ1) is 19.4. The molecule has 7 nitrogen and oxygen atoms in total. The normalized spacial score (nSPS) is 10.4. The Balaban J connectivity index is 2.15. The van der Waals surface area contributed by atoms with Gasteiger partial charge in [-0.25, -0.2) is 4.68 Å². The third-order valence-electron chi connectivity index (χ3n) is 4.10. The van der Waals surface area contributed by atoms with E-state index >= 15 is 0 Å². The summed E-state index contributed by atoms with van der Waals surface area (Å²) in [6, 6.07) is 12.1. The van der Waals surface area contributed by atoms with Crippen molar-refractivity contribution in [2.75, 3.05) is 26.7 Å². The van der Waals surface area contributed by atoms with E-state index in [2.05, 4.69) is 5.10 Å². The Bertz CT molecular complexity index is 813. The monoisotopic (exact) mass is 356 g/mol. The predicted molar refractivity (Wildman–Crippen MR) is 98.9 cm³/mol. The minimum atomic E-state index is -0.396. The van der Waals surface area contributed by atoms with E-state index in [1.807, 2.05) is 44.2 Å². The number of hydrogen-bond acceptors (Lipinski definition) is 4. The lowest BCUT2D eigenvalue weighted by molar-refractivity contribution is -0.131. The Kier molecular flexibility index (Phi) is 6.66. The van der Waals surface area contributed by atoms with Crippen molar-refractivity contribution >= 4 is 11.8 Å². The molecule has 2 aromatic rings. The average Bonchev–Trinajstić information content (AvgIpc) is 2.64. The number of benzene rings is 1. The highest BCUT2D eigenvalue weighted by atomic mass is 16.2. The van der Waals surface area contributed by atoms with Crippen molar-refractivity contribution in [3.63, 3.8) is 0 Å². The summed E-state index contributed by atoms with van der Waals surface area (Å²) >= 11 is 0. The number of amides is 2. The van der Waals surface area contributed by atoms with Crippen LogP contribution in [0.4, 0.5) is 0 Å². The number of aromatic nitrogens is 2. The maximum Gasteiger partial charge on any atom is 0.274 e. The lowest BCUT2D eigenvalue weighted by atomic mass is 10.2. The first-order valence-corrected chi connectivity index (χ1v) is 8.61. The number of nitrogens with zero attached hydrogens (tertiary/aromatic N) is 4. The Morgan fingerprint density at radius 2 is 1.69 bits per heavy atom. The molecule has 1 heterocycles. The van der Waals surface area contributed by atoms with Gasteiger partial charge in [0.1, 0.15) is 5.69 Å². The van der Waals surface area contributed by atoms with Crippen LogP contribution in [-0.4, -0.2) is 58.1 Å². The lowest BCUT2D eigenvalue weighted by Crippen LogP contribution is -2.41. The van der Waals surface area contributed by atoms with E-state index in [1.165, 1.54) is 21.7 Å². The topological polar surface area (TPSA) is 75.5 Å². The van der Waals surface area contributed by atoms with Crippen molar-refractivity contribution in [2.24, 2.45) is 0 Å². The van der Waals surface area contributed by atoms with Crippen molar-refractivity contribution in [3.05, 3.63) is 64.1 Å². The van der Waals surface area contributed by atoms with Crippen LogP contribution in [0.5, 0.6) is 0 Å². The zero-order valence-electron chi connectivity index (χ0n) is 15.4. The minimum absolute atomic E-state index is 0.0278. The molecule has 2 rings (SSSR count). The maximum absolute atomic E-state index is 12.6. The highest BCUT2D eigenvalue weighted by Crippen LogP contribution is 2.03. The standard InChI is InChI=1S/C19H24N4O3/c1-4-22(5-2)18(25)14-21(3)19(26)16-11-12-17(24)23(20-16)13-15-9-7-6-8-10-15/h6-12H,4-5,13-14H2,1-3H3. The van der Waals surface area contributed by atoms with Gasteiger partial charge < -0.3 is 9.80 Å². The van der Waals surface area contributed by atoms with E-state index in [4.69, 9.17) is 0 Å². The molecule has 0 saturated carbocycles. The molecule has 0 bridgehead atoms. The van der Waals surface area contributed by atoms with E-state index < -0.39 is 5.91 Å². The maximum atomic E-state index is 12.6. The molecule has 2 amide bonds. The second-order valence-electron chi connectivity index (χ2n) is 5.93. The van der Waals surface area contributed by atoms with Crippen molar-refractivity contribution in [2.45, 2.75) is 20.4 Å². The van der Waals surface area contributed by atoms with Gasteiger partial charge in [0.15, 0.2) is 0 Å². The molecular formula is C19H24N4O3. The van der Waals surface area contributed by atoms with Crippen LogP contribution in [0, 0.1) is 0 Å². The fourth-order valence-electron chi connectivity index (χ4n) is 2.58. The van der Waals surface area contributed by atoms with E-state index in [9.17, 15) is 14.4 Å². The van der Waals surface area contributed by atoms with Crippen molar-refractivity contribution in [1.82, 2.24) is 19.6 Å². The van der Waals surface area contributed by atoms with Gasteiger partial charge in [0.2, 0.25) is 5.91 Å². The molecule has 0 unspecified atom stereocenters. The first-order valence-electron chi connectivity index (χ1n) is 8.61. The summed E-state index contributed by atoms with van der Waals surface area (Å²) in [4.78, 5) is 39.8. The van der Waals surface area contributed by atoms with Gasteiger partial charge in [-0.1, -0.05) is 30.3 Å². The number of rotatable bonds is 7. The molecular weight excluding hydrogens is 332 g/mol. The molecule has 0 saturated heterocycles. The molecule has 0 radical (unpaired) electrons. The van der Waals surface area contributed by atoms with E-state index in [1.54, 1.807) is 11.9 Å². The van der Waals surface area contributed by atoms with Gasteiger partial charge in [-0.05, 0) is 25.5 Å². The van der Waals surface area contributed by atoms with Crippen LogP contribution in [0.25, 0.3) is 0 Å². The van der Waals surface area contributed by atoms with Crippen LogP contribution in [0.2, 0.25) is 0 Å². The zero-order chi connectivity index (χ0) is 19.1. The molecule has 26 heavy (non-hydrogen) atoms. The Morgan fingerprint density at radius 3 is 2.31 bits per heavy atom. The molecule has 0 aliphatic heterocycles. The summed E-state index contributed by atoms with van der Waals surface area (Å²) in [5.41, 5.74) is 0.763. The molecule has 1 aromatic heterocycles. The van der Waals surface area contributed by atoms with Gasteiger partial charge in [0.25, 0.3) is 11.5 Å². The molecule has 7 heteroatoms. The molecule has 0 spiro atoms. The number of hydrogen-bond donors (Lipinski definition) is 0. The molecule has 138 valence electrons. The van der Waals surface area contributed by atoms with Crippen molar-refractivity contribution in [1.29, 1.82) is 0 Å². The van der Waals surface area contributed by atoms with E-state index in [-0.39, 0.29) is 30.2 Å². The smallest absolute Gasteiger partial charge is 0.274 e. The van der Waals surface area contributed by atoms with Crippen LogP contribution in [0.3, 0.4) is 0 Å². The molecule has 0 aliphatic carbocycles. The van der Waals surface area contributed by atoms with Crippen LogP contribution < -0.4 is 5.56 Å². The van der Waals surface area contributed by atoms with E-state index in [0.29, 0.717) is 13.1 Å². The Labute approximate surface area is 152 Å². The summed E-state index contributed by atoms with van der Waals surface area (Å²) in [5.74, 6) is -0.518. The first-order chi connectivity index (χ1) is 12.5. The van der Waals surface area contributed by atoms with Crippen LogP contribution in [-0.2, 0) is 11.3 Å². The predicted octanol–water partition coefficient (Wildman–Crippen LogP) is 1.23. The van der Waals surface area contributed by atoms with Crippen molar-refractivity contribution in [3.8, 4) is 0 Å². The fourth-order valence-corrected chi connectivity index (χ4v) is 2.58. The van der Waals surface area contributed by atoms with Gasteiger partial charge in [-0.3, -0.25) is 14.4 Å². The molecule has 0 atom stereocenters. The number of likely N-dealkylation sites (N-methyl/N-ethyl adjacent to an activating group) is 2. The number of carbonyl (C=O) groups is 2. The SMILES string of the molecule is CCN(CC)C(=O)CN(C)C(=O)c1ccc(=O)n(Cc2ccccc2)n1. The summed E-state index contributed by atoms with van der Waals surface area (Å²) in [7, 11) is 1.55. The quantitative estimate of drug-likeness (QED) is 0.748. The third-order valence-corrected chi connectivity index (χ3v) is 4.10. The fraction of sp³-hybridized carbons (Fsp3) is 0.368. The molecule has 1 aromatic carbocycles. The van der Waals surface area contributed by atoms with Crippen LogP contribution >= 0.6 is 0 Å². The van der Waals surface area contributed by atoms with Gasteiger partial charge >= 0.3 is 0 Å². The summed E-state index contributed by atoms with van der Waals surface area (Å²) in [6.07, 6.45) is 0. The van der Waals surface area contributed by atoms with E-state index in [0.717, 1.165) is 5.56 Å². The Morgan fingerprint density at radius 1 is 1.04 bits per heavy atom. The van der Waals surface area contributed by atoms with Crippen LogP contribution in [0.1, 0.15) is 29.9 Å². The largest absolute Gasteiger partial charge is 0.342 e. The highest BCUT2D eigenvalue weighted by Gasteiger charge is 2.19. The second-order valence-corrected chi connectivity index (χ2v) is 5.93. The van der Waals surface area contributed by atoms with Gasteiger partial charge in [-0.2, -0.15) is 5.10 Å². The summed E-state index contributed by atoms with van der Waals surface area (Å²) < 4.78 is 1.25. The molecule has 0 N–H and O–H groups in total. The second kappa shape index (κ2) is 8.94. The van der Waals surface area contributed by atoms with Gasteiger partial charge in [-0.15, -0.1) is 0 Å². The summed E-state index contributed by atoms with van der Waals surface area (Å²) in [6.45, 7) is 5.23. The van der Waals surface area contributed by atoms with Crippen LogP contribution in [0.15, 0.2) is 47.3 Å². The van der Waals surface area contributed by atoms with Crippen molar-refractivity contribution < 1.29 is 9.59 Å². The minimum Gasteiger partial charge on any atom is -0.342 e.